The number of hydrogen-bond donors (Lipinski definition) is 1. The van der Waals surface area contributed by atoms with E-state index in [1.165, 1.54) is 5.56 Å². The lowest BCUT2D eigenvalue weighted by Crippen LogP contribution is -2.04. The Hall–Kier alpha value is -3.27. The van der Waals surface area contributed by atoms with E-state index >= 15 is 0 Å². The third-order valence-corrected chi connectivity index (χ3v) is 5.20. The Morgan fingerprint density at radius 2 is 1.81 bits per heavy atom. The van der Waals surface area contributed by atoms with Gasteiger partial charge in [-0.25, -0.2) is 4.79 Å². The SMILES string of the molecule is COc1ccc2c(c1)c1c(C)c(C(=O)O)cc(C)c1n2Cc1ccccc1. The molecule has 0 radical (unpaired) electrons. The fourth-order valence-corrected chi connectivity index (χ4v) is 3.93. The summed E-state index contributed by atoms with van der Waals surface area (Å²) in [5, 5.41) is 11.6. The van der Waals surface area contributed by atoms with E-state index in [1.54, 1.807) is 13.2 Å². The fourth-order valence-electron chi connectivity index (χ4n) is 3.93. The van der Waals surface area contributed by atoms with E-state index in [0.29, 0.717) is 5.56 Å². The number of benzene rings is 3. The van der Waals surface area contributed by atoms with Crippen LogP contribution in [0.2, 0.25) is 0 Å². The molecule has 0 fully saturated rings. The first kappa shape index (κ1) is 17.2. The van der Waals surface area contributed by atoms with E-state index in [4.69, 9.17) is 4.74 Å². The summed E-state index contributed by atoms with van der Waals surface area (Å²) >= 11 is 0. The van der Waals surface area contributed by atoms with Gasteiger partial charge in [-0.05, 0) is 54.8 Å². The molecule has 0 atom stereocenters. The summed E-state index contributed by atoms with van der Waals surface area (Å²) in [6.07, 6.45) is 0. The monoisotopic (exact) mass is 359 g/mol. The van der Waals surface area contributed by atoms with Gasteiger partial charge in [0.05, 0.1) is 18.2 Å². The van der Waals surface area contributed by atoms with Gasteiger partial charge < -0.3 is 14.4 Å². The lowest BCUT2D eigenvalue weighted by Gasteiger charge is -2.11. The Kier molecular flexibility index (Phi) is 4.11. The van der Waals surface area contributed by atoms with Crippen LogP contribution in [0.15, 0.2) is 54.6 Å². The number of aryl methyl sites for hydroxylation is 2. The normalized spacial score (nSPS) is 11.2. The summed E-state index contributed by atoms with van der Waals surface area (Å²) in [7, 11) is 1.64. The molecule has 1 aromatic heterocycles. The molecule has 0 amide bonds. The lowest BCUT2D eigenvalue weighted by atomic mass is 9.98. The molecule has 0 aliphatic carbocycles. The highest BCUT2D eigenvalue weighted by atomic mass is 16.5. The Labute approximate surface area is 157 Å². The number of fused-ring (bicyclic) bond motifs is 3. The van der Waals surface area contributed by atoms with Crippen LogP contribution >= 0.6 is 0 Å². The molecule has 4 heteroatoms. The second-order valence-electron chi connectivity index (χ2n) is 6.85. The van der Waals surface area contributed by atoms with E-state index in [9.17, 15) is 9.90 Å². The van der Waals surface area contributed by atoms with Gasteiger partial charge in [-0.15, -0.1) is 0 Å². The highest BCUT2D eigenvalue weighted by Crippen LogP contribution is 2.37. The third kappa shape index (κ3) is 2.74. The van der Waals surface area contributed by atoms with Crippen LogP contribution in [-0.2, 0) is 6.54 Å². The van der Waals surface area contributed by atoms with Crippen LogP contribution in [0.4, 0.5) is 0 Å². The Morgan fingerprint density at radius 3 is 2.48 bits per heavy atom. The van der Waals surface area contributed by atoms with Gasteiger partial charge >= 0.3 is 5.97 Å². The molecule has 136 valence electrons. The van der Waals surface area contributed by atoms with Crippen molar-refractivity contribution in [3.8, 4) is 5.75 Å². The van der Waals surface area contributed by atoms with E-state index in [2.05, 4.69) is 22.8 Å². The molecule has 4 nitrogen and oxygen atoms in total. The van der Waals surface area contributed by atoms with Gasteiger partial charge in [-0.1, -0.05) is 30.3 Å². The molecule has 1 heterocycles. The number of carboxylic acid groups (broad SMARTS) is 1. The average molecular weight is 359 g/mol. The van der Waals surface area contributed by atoms with E-state index in [0.717, 1.165) is 45.2 Å². The van der Waals surface area contributed by atoms with Crippen LogP contribution in [0, 0.1) is 13.8 Å². The number of aromatic carboxylic acids is 1. The second kappa shape index (κ2) is 6.47. The van der Waals surface area contributed by atoms with Crippen molar-refractivity contribution >= 4 is 27.8 Å². The van der Waals surface area contributed by atoms with Gasteiger partial charge in [0.1, 0.15) is 5.75 Å². The number of rotatable bonds is 4. The minimum atomic E-state index is -0.899. The topological polar surface area (TPSA) is 51.5 Å². The molecule has 0 unspecified atom stereocenters. The molecule has 0 aliphatic heterocycles. The highest BCUT2D eigenvalue weighted by molar-refractivity contribution is 6.13. The quantitative estimate of drug-likeness (QED) is 0.547. The summed E-state index contributed by atoms with van der Waals surface area (Å²) in [5.74, 6) is -0.136. The number of carbonyl (C=O) groups is 1. The highest BCUT2D eigenvalue weighted by Gasteiger charge is 2.20. The molecule has 27 heavy (non-hydrogen) atoms. The standard InChI is InChI=1S/C23H21NO3/c1-14-11-18(23(25)26)15(2)21-19-12-17(27-3)9-10-20(19)24(22(14)21)13-16-7-5-4-6-8-16/h4-12H,13H2,1-3H3,(H,25,26). The first-order valence-corrected chi connectivity index (χ1v) is 8.88. The summed E-state index contributed by atoms with van der Waals surface area (Å²) in [6, 6.07) is 18.1. The Morgan fingerprint density at radius 1 is 1.07 bits per heavy atom. The minimum Gasteiger partial charge on any atom is -0.497 e. The van der Waals surface area contributed by atoms with Crippen molar-refractivity contribution in [2.45, 2.75) is 20.4 Å². The number of carboxylic acids is 1. The number of methoxy groups -OCH3 is 1. The molecule has 3 aromatic carbocycles. The van der Waals surface area contributed by atoms with Gasteiger partial charge in [0.25, 0.3) is 0 Å². The number of ether oxygens (including phenoxy) is 1. The van der Waals surface area contributed by atoms with Crippen LogP contribution in [0.3, 0.4) is 0 Å². The van der Waals surface area contributed by atoms with E-state index in [1.807, 2.05) is 44.2 Å². The third-order valence-electron chi connectivity index (χ3n) is 5.20. The van der Waals surface area contributed by atoms with Crippen LogP contribution in [0.25, 0.3) is 21.8 Å². The molecular weight excluding hydrogens is 338 g/mol. The summed E-state index contributed by atoms with van der Waals surface area (Å²) < 4.78 is 7.69. The largest absolute Gasteiger partial charge is 0.497 e. The number of nitrogens with zero attached hydrogens (tertiary/aromatic N) is 1. The molecule has 0 saturated carbocycles. The van der Waals surface area contributed by atoms with Gasteiger partial charge in [-0.3, -0.25) is 0 Å². The predicted octanol–water partition coefficient (Wildman–Crippen LogP) is 5.17. The van der Waals surface area contributed by atoms with E-state index < -0.39 is 5.97 Å². The average Bonchev–Trinajstić information content (AvgIpc) is 2.99. The molecule has 0 spiro atoms. The fraction of sp³-hybridized carbons (Fsp3) is 0.174. The molecule has 0 bridgehead atoms. The smallest absolute Gasteiger partial charge is 0.335 e. The van der Waals surface area contributed by atoms with Gasteiger partial charge in [-0.2, -0.15) is 0 Å². The van der Waals surface area contributed by atoms with Crippen LogP contribution in [-0.4, -0.2) is 22.8 Å². The molecule has 0 saturated heterocycles. The van der Waals surface area contributed by atoms with Crippen molar-refractivity contribution in [2.24, 2.45) is 0 Å². The molecule has 0 aliphatic rings. The van der Waals surface area contributed by atoms with E-state index in [-0.39, 0.29) is 0 Å². The zero-order valence-electron chi connectivity index (χ0n) is 15.6. The first-order chi connectivity index (χ1) is 13.0. The van der Waals surface area contributed by atoms with Gasteiger partial charge in [0.15, 0.2) is 0 Å². The molecule has 1 N–H and O–H groups in total. The van der Waals surface area contributed by atoms with Crippen molar-refractivity contribution in [3.05, 3.63) is 76.9 Å². The number of hydrogen-bond acceptors (Lipinski definition) is 2. The zero-order valence-corrected chi connectivity index (χ0v) is 15.6. The molecule has 4 rings (SSSR count). The second-order valence-corrected chi connectivity index (χ2v) is 6.85. The maximum absolute atomic E-state index is 11.7. The Balaban J connectivity index is 2.12. The molecular formula is C23H21NO3. The van der Waals surface area contributed by atoms with Crippen molar-refractivity contribution in [1.82, 2.24) is 4.57 Å². The van der Waals surface area contributed by atoms with Gasteiger partial charge in [0.2, 0.25) is 0 Å². The van der Waals surface area contributed by atoms with Crippen molar-refractivity contribution in [3.63, 3.8) is 0 Å². The minimum absolute atomic E-state index is 0.349. The summed E-state index contributed by atoms with van der Waals surface area (Å²) in [4.78, 5) is 11.7. The van der Waals surface area contributed by atoms with Crippen LogP contribution < -0.4 is 4.74 Å². The van der Waals surface area contributed by atoms with Crippen molar-refractivity contribution in [1.29, 1.82) is 0 Å². The lowest BCUT2D eigenvalue weighted by molar-refractivity contribution is 0.0696. The zero-order chi connectivity index (χ0) is 19.1. The Bertz CT molecular complexity index is 1170. The maximum atomic E-state index is 11.7. The first-order valence-electron chi connectivity index (χ1n) is 8.88. The maximum Gasteiger partial charge on any atom is 0.335 e. The predicted molar refractivity (Wildman–Crippen MR) is 108 cm³/mol. The van der Waals surface area contributed by atoms with Crippen molar-refractivity contribution in [2.75, 3.05) is 7.11 Å². The summed E-state index contributed by atoms with van der Waals surface area (Å²) in [5.41, 5.74) is 5.44. The summed E-state index contributed by atoms with van der Waals surface area (Å²) in [6.45, 7) is 4.59. The van der Waals surface area contributed by atoms with Gasteiger partial charge in [0, 0.05) is 22.8 Å². The van der Waals surface area contributed by atoms with Crippen LogP contribution in [0.5, 0.6) is 5.75 Å². The number of aromatic nitrogens is 1. The van der Waals surface area contributed by atoms with Crippen molar-refractivity contribution < 1.29 is 14.6 Å². The molecule has 4 aromatic rings. The van der Waals surface area contributed by atoms with Crippen LogP contribution in [0.1, 0.15) is 27.0 Å².